The molecule has 0 amide bonds. The van der Waals surface area contributed by atoms with E-state index in [0.29, 0.717) is 11.4 Å². The Morgan fingerprint density at radius 2 is 1.60 bits per heavy atom. The van der Waals surface area contributed by atoms with Gasteiger partial charge >= 0.3 is 27.0 Å². The van der Waals surface area contributed by atoms with E-state index in [1.807, 2.05) is 0 Å². The zero-order chi connectivity index (χ0) is 21.4. The second-order valence-electron chi connectivity index (χ2n) is 6.53. The van der Waals surface area contributed by atoms with E-state index < -0.39 is 10.9 Å². The number of azo groups is 1. The van der Waals surface area contributed by atoms with Gasteiger partial charge in [-0.2, -0.15) is 22.3 Å². The minimum absolute atomic E-state index is 0. The van der Waals surface area contributed by atoms with Crippen LogP contribution in [0.4, 0.5) is 17.1 Å². The summed E-state index contributed by atoms with van der Waals surface area (Å²) in [6, 6.07) is 9.56. The first-order valence-electron chi connectivity index (χ1n) is 8.98. The largest absolute Gasteiger partial charge is 4.00 e. The summed E-state index contributed by atoms with van der Waals surface area (Å²) in [4.78, 5) is 21.0. The van der Waals surface area contributed by atoms with Gasteiger partial charge in [0.1, 0.15) is 0 Å². The predicted molar refractivity (Wildman–Crippen MR) is 109 cm³/mol. The first-order valence-corrected chi connectivity index (χ1v) is 8.98. The van der Waals surface area contributed by atoms with Crippen LogP contribution in [0.25, 0.3) is 11.5 Å². The first-order chi connectivity index (χ1) is 13.8. The second kappa shape index (κ2) is 12.1. The Hall–Kier alpha value is -2.68. The minimum atomic E-state index is -0.942. The van der Waals surface area contributed by atoms with Crippen molar-refractivity contribution in [2.24, 2.45) is 10.2 Å². The maximum atomic E-state index is 10.9. The minimum Gasteiger partial charge on any atom is -0.676 e. The van der Waals surface area contributed by atoms with Gasteiger partial charge in [0, 0.05) is 16.9 Å². The van der Waals surface area contributed by atoms with Crippen LogP contribution in [0, 0.1) is 10.1 Å². The van der Waals surface area contributed by atoms with E-state index in [1.54, 1.807) is 6.07 Å². The van der Waals surface area contributed by atoms with Crippen LogP contribution < -0.4 is 0 Å². The Morgan fingerprint density at radius 1 is 1.03 bits per heavy atom. The molecule has 1 saturated carbocycles. The topological polar surface area (TPSA) is 178 Å². The Balaban J connectivity index is 0.000000421. The van der Waals surface area contributed by atoms with Crippen molar-refractivity contribution < 1.29 is 41.0 Å². The quantitative estimate of drug-likeness (QED) is 0.215. The molecule has 2 unspecified atom stereocenters. The fraction of sp³-hybridized carbons (Fsp3) is 0.316. The molecule has 2 aromatic carbocycles. The molecule has 10 nitrogen and oxygen atoms in total. The van der Waals surface area contributed by atoms with Crippen molar-refractivity contribution in [2.75, 3.05) is 0 Å². The SMILES string of the molecule is O=C([OH2+])c1ccc(N=Nc2cccc([N+](=O)[O-])c2)cc1[OH2+].[NH-]C1CCCCC1[NH-].[Pt+4]. The molecule has 2 aromatic rings. The van der Waals surface area contributed by atoms with E-state index in [2.05, 4.69) is 10.2 Å². The molecular formula is C19H23N5O5Pt+4. The molecule has 1 aliphatic carbocycles. The summed E-state index contributed by atoms with van der Waals surface area (Å²) in [6.07, 6.45) is 4.25. The van der Waals surface area contributed by atoms with Gasteiger partial charge < -0.3 is 21.7 Å². The molecule has 0 saturated heterocycles. The van der Waals surface area contributed by atoms with Crippen molar-refractivity contribution in [1.82, 2.24) is 0 Å². The Labute approximate surface area is 187 Å². The van der Waals surface area contributed by atoms with E-state index in [0.717, 1.165) is 12.8 Å². The summed E-state index contributed by atoms with van der Waals surface area (Å²) < 4.78 is 0. The molecule has 3 rings (SSSR count). The van der Waals surface area contributed by atoms with Crippen LogP contribution >= 0.6 is 0 Å². The molecule has 1 fully saturated rings. The van der Waals surface area contributed by atoms with E-state index in [4.69, 9.17) is 21.7 Å². The molecule has 160 valence electrons. The number of carbonyl (C=O) groups is 1. The maximum Gasteiger partial charge on any atom is 4.00 e. The van der Waals surface area contributed by atoms with Gasteiger partial charge in [-0.25, -0.2) is 0 Å². The van der Waals surface area contributed by atoms with Crippen LogP contribution in [-0.2, 0) is 21.1 Å². The molecule has 30 heavy (non-hydrogen) atoms. The fourth-order valence-electron chi connectivity index (χ4n) is 2.71. The number of hydrogen-bond donors (Lipinski definition) is 0. The summed E-state index contributed by atoms with van der Waals surface area (Å²) in [7, 11) is 0. The second-order valence-corrected chi connectivity index (χ2v) is 6.53. The molecular weight excluding hydrogens is 573 g/mol. The third-order valence-electron chi connectivity index (χ3n) is 4.34. The van der Waals surface area contributed by atoms with Gasteiger partial charge in [0.2, 0.25) is 5.56 Å². The number of hydrogen-bond acceptors (Lipinski definition) is 5. The molecule has 0 aliphatic heterocycles. The van der Waals surface area contributed by atoms with Crippen LogP contribution in [0.1, 0.15) is 36.0 Å². The number of carbonyl (C=O) groups excluding carboxylic acids is 1. The van der Waals surface area contributed by atoms with Crippen LogP contribution in [0.3, 0.4) is 0 Å². The Bertz CT molecular complexity index is 899. The molecule has 6 N–H and O–H groups in total. The fourth-order valence-corrected chi connectivity index (χ4v) is 2.71. The van der Waals surface area contributed by atoms with Crippen LogP contribution in [0.5, 0.6) is 5.75 Å². The van der Waals surface area contributed by atoms with Gasteiger partial charge in [0.05, 0.1) is 22.4 Å². The van der Waals surface area contributed by atoms with Crippen molar-refractivity contribution in [3.8, 4) is 5.75 Å². The third-order valence-corrected chi connectivity index (χ3v) is 4.34. The van der Waals surface area contributed by atoms with Gasteiger partial charge in [-0.05, 0) is 18.2 Å². The number of benzene rings is 2. The van der Waals surface area contributed by atoms with Crippen LogP contribution in [0.15, 0.2) is 52.7 Å². The van der Waals surface area contributed by atoms with Crippen molar-refractivity contribution >= 4 is 23.0 Å². The first kappa shape index (κ1) is 25.4. The summed E-state index contributed by atoms with van der Waals surface area (Å²) in [5.41, 5.74) is 15.1. The van der Waals surface area contributed by atoms with Gasteiger partial charge in [0.25, 0.3) is 11.4 Å². The molecule has 0 aromatic heterocycles. The number of non-ortho nitro benzene ring substituents is 1. The zero-order valence-electron chi connectivity index (χ0n) is 15.9. The average molecular weight is 597 g/mol. The molecule has 0 bridgehead atoms. The van der Waals surface area contributed by atoms with E-state index in [1.165, 1.54) is 49.2 Å². The molecule has 0 heterocycles. The van der Waals surface area contributed by atoms with Crippen molar-refractivity contribution in [3.63, 3.8) is 0 Å². The molecule has 1 aliphatic rings. The average Bonchev–Trinajstić information content (AvgIpc) is 2.69. The summed E-state index contributed by atoms with van der Waals surface area (Å²) in [5.74, 6) is -1.06. The zero-order valence-corrected chi connectivity index (χ0v) is 18.2. The maximum absolute atomic E-state index is 10.9. The van der Waals surface area contributed by atoms with E-state index >= 15 is 0 Å². The summed E-state index contributed by atoms with van der Waals surface area (Å²) in [5, 5.41) is 32.9. The predicted octanol–water partition coefficient (Wildman–Crippen LogP) is 4.71. The Kier molecular flexibility index (Phi) is 10.2. The van der Waals surface area contributed by atoms with E-state index in [-0.39, 0.29) is 50.1 Å². The van der Waals surface area contributed by atoms with Gasteiger partial charge in [-0.3, -0.25) is 10.1 Å². The van der Waals surface area contributed by atoms with E-state index in [9.17, 15) is 14.9 Å². The van der Waals surface area contributed by atoms with Gasteiger partial charge in [0.15, 0.2) is 0 Å². The molecule has 0 spiro atoms. The molecule has 2 atom stereocenters. The van der Waals surface area contributed by atoms with Crippen molar-refractivity contribution in [2.45, 2.75) is 37.8 Å². The monoisotopic (exact) mass is 596 g/mol. The number of nitrogens with one attached hydrogen (secondary N) is 2. The van der Waals surface area contributed by atoms with Gasteiger partial charge in [-0.15, -0.1) is 0 Å². The summed E-state index contributed by atoms with van der Waals surface area (Å²) >= 11 is 0. The smallest absolute Gasteiger partial charge is 0.676 e. The van der Waals surface area contributed by atoms with Crippen LogP contribution in [-0.4, -0.2) is 33.2 Å². The number of nitro benzene ring substituents is 1. The molecule has 11 heteroatoms. The molecule has 0 radical (unpaired) electrons. The van der Waals surface area contributed by atoms with Crippen LogP contribution in [0.2, 0.25) is 0 Å². The Morgan fingerprint density at radius 3 is 2.07 bits per heavy atom. The number of nitrogens with zero attached hydrogens (tertiary/aromatic N) is 3. The normalized spacial score (nSPS) is 18.1. The van der Waals surface area contributed by atoms with Crippen molar-refractivity contribution in [1.29, 1.82) is 0 Å². The summed E-state index contributed by atoms with van der Waals surface area (Å²) in [6.45, 7) is 0. The number of nitro groups is 1. The third kappa shape index (κ3) is 7.62. The number of rotatable bonds is 4. The standard InChI is InChI=1S/C13H9N3O5.C6H12N2.Pt/c17-12-7-9(4-5-11(12)13(18)19)15-14-8-2-1-3-10(6-8)16(20)21;7-5-3-1-2-4-6(5)8;/h1-7,17H,(H,18,19);5-8H,1-4H2;/q;-2;+4/p+2. The van der Waals surface area contributed by atoms with Gasteiger partial charge in [-0.1, -0.05) is 31.7 Å². The van der Waals surface area contributed by atoms with Crippen molar-refractivity contribution in [3.05, 3.63) is 69.6 Å².